The van der Waals surface area contributed by atoms with Crippen LogP contribution in [-0.4, -0.2) is 46.0 Å². The molecule has 3 unspecified atom stereocenters. The number of fused-ring (bicyclic) bond motifs is 1. The largest absolute Gasteiger partial charge is 0.507 e. The van der Waals surface area contributed by atoms with Crippen molar-refractivity contribution in [3.8, 4) is 5.75 Å². The number of carbonyl (C=O) groups excluding carboxylic acids is 3. The van der Waals surface area contributed by atoms with Crippen LogP contribution < -0.4 is 11.1 Å². The molecular weight excluding hydrogens is 467 g/mol. The molecule has 1 aliphatic rings. The highest BCUT2D eigenvalue weighted by Gasteiger charge is 2.34. The van der Waals surface area contributed by atoms with Crippen molar-refractivity contribution in [2.24, 2.45) is 23.5 Å². The second kappa shape index (κ2) is 12.7. The average Bonchev–Trinajstić information content (AvgIpc) is 2.81. The van der Waals surface area contributed by atoms with Crippen molar-refractivity contribution in [1.82, 2.24) is 5.32 Å². The number of aromatic hydroxyl groups is 1. The Kier molecular flexibility index (Phi) is 9.69. The summed E-state index contributed by atoms with van der Waals surface area (Å²) in [6, 6.07) is 9.42. The van der Waals surface area contributed by atoms with Gasteiger partial charge in [-0.2, -0.15) is 0 Å². The summed E-state index contributed by atoms with van der Waals surface area (Å²) in [7, 11) is 0. The van der Waals surface area contributed by atoms with Crippen molar-refractivity contribution in [1.29, 1.82) is 0 Å². The molecule has 8 nitrogen and oxygen atoms in total. The minimum absolute atomic E-state index is 0.0764. The summed E-state index contributed by atoms with van der Waals surface area (Å²) < 4.78 is 13.1. The van der Waals surface area contributed by atoms with Gasteiger partial charge < -0.3 is 26.4 Å². The lowest BCUT2D eigenvalue weighted by atomic mass is 9.73. The third-order valence-electron chi connectivity index (χ3n) is 6.86. The van der Waals surface area contributed by atoms with Gasteiger partial charge in [-0.05, 0) is 66.0 Å². The lowest BCUT2D eigenvalue weighted by molar-refractivity contribution is -0.131. The molecule has 194 valence electrons. The van der Waals surface area contributed by atoms with Crippen LogP contribution in [0.1, 0.15) is 52.7 Å². The molecule has 1 aliphatic carbocycles. The number of benzene rings is 2. The molecule has 0 aliphatic heterocycles. The highest BCUT2D eigenvalue weighted by atomic mass is 19.1. The van der Waals surface area contributed by atoms with Crippen LogP contribution in [0.25, 0.3) is 0 Å². The summed E-state index contributed by atoms with van der Waals surface area (Å²) >= 11 is 0. The molecule has 0 heterocycles. The number of hydrogen-bond acceptors (Lipinski definition) is 7. The number of Topliss-reactive ketones (excluding diaryl/α,β-unsaturated/α-hetero) is 2. The number of hydrogen-bond donors (Lipinski definition) is 5. The molecule has 1 amide bonds. The minimum atomic E-state index is -0.859. The van der Waals surface area contributed by atoms with Gasteiger partial charge in [0, 0.05) is 32.0 Å². The first kappa shape index (κ1) is 27.4. The highest BCUT2D eigenvalue weighted by molar-refractivity contribution is 6.01. The molecule has 0 saturated carbocycles. The van der Waals surface area contributed by atoms with Crippen molar-refractivity contribution in [3.63, 3.8) is 0 Å². The summed E-state index contributed by atoms with van der Waals surface area (Å²) in [5, 5.41) is 33.1. The van der Waals surface area contributed by atoms with Crippen LogP contribution in [0.15, 0.2) is 36.4 Å². The van der Waals surface area contributed by atoms with Gasteiger partial charge in [-0.25, -0.2) is 4.39 Å². The maximum atomic E-state index is 13.1. The lowest BCUT2D eigenvalue weighted by Crippen LogP contribution is -2.34. The van der Waals surface area contributed by atoms with Crippen LogP contribution in [0.2, 0.25) is 0 Å². The fourth-order valence-corrected chi connectivity index (χ4v) is 5.12. The van der Waals surface area contributed by atoms with E-state index in [2.05, 4.69) is 5.32 Å². The smallest absolute Gasteiger partial charge is 0.224 e. The van der Waals surface area contributed by atoms with Crippen LogP contribution in [-0.2, 0) is 29.1 Å². The van der Waals surface area contributed by atoms with E-state index in [0.29, 0.717) is 31.5 Å². The molecule has 9 heteroatoms. The van der Waals surface area contributed by atoms with Gasteiger partial charge >= 0.3 is 0 Å². The Morgan fingerprint density at radius 2 is 1.81 bits per heavy atom. The number of rotatable bonds is 13. The minimum Gasteiger partial charge on any atom is -0.507 e. The Labute approximate surface area is 209 Å². The number of carbonyl (C=O) groups is 3. The second-order valence-electron chi connectivity index (χ2n) is 9.43. The van der Waals surface area contributed by atoms with E-state index < -0.39 is 36.6 Å². The van der Waals surface area contributed by atoms with Crippen molar-refractivity contribution >= 4 is 17.5 Å². The molecule has 3 rings (SSSR count). The monoisotopic (exact) mass is 500 g/mol. The standard InChI is InChI=1S/C27H33FN2O6/c28-20-4-1-16(2-5-20)13-30-14-19-3-6-23(33)27-21(19)10-17(11-25(27)35)9-18(7-8-31)22(15-32)24(34)12-26(29)36/h1-6,17-18,22,30-33H,7-15H2,(H2,29,36). The first-order chi connectivity index (χ1) is 17.2. The van der Waals surface area contributed by atoms with E-state index in [1.165, 1.54) is 18.2 Å². The van der Waals surface area contributed by atoms with Crippen molar-refractivity contribution in [2.45, 2.75) is 45.2 Å². The van der Waals surface area contributed by atoms with E-state index in [0.717, 1.165) is 16.7 Å². The van der Waals surface area contributed by atoms with E-state index in [9.17, 15) is 34.1 Å². The number of phenolic OH excluding ortho intramolecular Hbond substituents is 1. The van der Waals surface area contributed by atoms with Gasteiger partial charge in [0.1, 0.15) is 17.3 Å². The Hall–Kier alpha value is -3.14. The first-order valence-electron chi connectivity index (χ1n) is 12.1. The molecule has 0 radical (unpaired) electrons. The topological polar surface area (TPSA) is 150 Å². The lowest BCUT2D eigenvalue weighted by Gasteiger charge is -2.31. The number of ketones is 2. The maximum absolute atomic E-state index is 13.1. The molecule has 36 heavy (non-hydrogen) atoms. The number of halogens is 1. The molecule has 0 fully saturated rings. The summed E-state index contributed by atoms with van der Waals surface area (Å²) in [4.78, 5) is 36.7. The van der Waals surface area contributed by atoms with Gasteiger partial charge in [0.15, 0.2) is 5.78 Å². The molecular formula is C27H33FN2O6. The average molecular weight is 501 g/mol. The summed E-state index contributed by atoms with van der Waals surface area (Å²) in [5.74, 6) is -3.31. The molecule has 6 N–H and O–H groups in total. The van der Waals surface area contributed by atoms with Crippen LogP contribution in [0.3, 0.4) is 0 Å². The zero-order chi connectivity index (χ0) is 26.2. The zero-order valence-corrected chi connectivity index (χ0v) is 20.1. The summed E-state index contributed by atoms with van der Waals surface area (Å²) in [6.45, 7) is 0.234. The predicted octanol–water partition coefficient (Wildman–Crippen LogP) is 2.01. The molecule has 0 aromatic heterocycles. The van der Waals surface area contributed by atoms with E-state index >= 15 is 0 Å². The maximum Gasteiger partial charge on any atom is 0.224 e. The molecule has 2 aromatic rings. The molecule has 0 bridgehead atoms. The van der Waals surface area contributed by atoms with Crippen molar-refractivity contribution in [2.75, 3.05) is 13.2 Å². The van der Waals surface area contributed by atoms with Crippen LogP contribution in [0, 0.1) is 23.6 Å². The van der Waals surface area contributed by atoms with Crippen LogP contribution >= 0.6 is 0 Å². The van der Waals surface area contributed by atoms with E-state index in [1.54, 1.807) is 18.2 Å². The normalized spacial score (nSPS) is 16.9. The second-order valence-corrected chi connectivity index (χ2v) is 9.43. The quantitative estimate of drug-likeness (QED) is 0.264. The van der Waals surface area contributed by atoms with Crippen molar-refractivity contribution in [3.05, 3.63) is 64.5 Å². The van der Waals surface area contributed by atoms with Crippen molar-refractivity contribution < 1.29 is 34.1 Å². The molecule has 0 saturated heterocycles. The van der Waals surface area contributed by atoms with Gasteiger partial charge in [-0.15, -0.1) is 0 Å². The zero-order valence-electron chi connectivity index (χ0n) is 20.1. The number of nitrogens with one attached hydrogen (secondary N) is 1. The van der Waals surface area contributed by atoms with Gasteiger partial charge in [0.25, 0.3) is 0 Å². The number of phenols is 1. The fourth-order valence-electron chi connectivity index (χ4n) is 5.12. The van der Waals surface area contributed by atoms with E-state index in [-0.39, 0.29) is 42.7 Å². The van der Waals surface area contributed by atoms with E-state index in [1.807, 2.05) is 0 Å². The SMILES string of the molecule is NC(=O)CC(=O)C(CO)C(CCO)CC1CC(=O)c2c(O)ccc(CNCc3ccc(F)cc3)c2C1. The number of primary amides is 1. The van der Waals surface area contributed by atoms with Crippen LogP contribution in [0.4, 0.5) is 4.39 Å². The van der Waals surface area contributed by atoms with Crippen LogP contribution in [0.5, 0.6) is 5.75 Å². The van der Waals surface area contributed by atoms with Gasteiger partial charge in [0.2, 0.25) is 5.91 Å². The van der Waals surface area contributed by atoms with E-state index in [4.69, 9.17) is 5.73 Å². The third kappa shape index (κ3) is 6.96. The molecule has 0 spiro atoms. The van der Waals surface area contributed by atoms with Gasteiger partial charge in [-0.3, -0.25) is 14.4 Å². The number of aliphatic hydroxyl groups is 2. The number of amides is 1. The Balaban J connectivity index is 1.76. The summed E-state index contributed by atoms with van der Waals surface area (Å²) in [5.41, 5.74) is 7.94. The number of aliphatic hydroxyl groups excluding tert-OH is 2. The van der Waals surface area contributed by atoms with Gasteiger partial charge in [0.05, 0.1) is 18.6 Å². The first-order valence-corrected chi connectivity index (χ1v) is 12.1. The Morgan fingerprint density at radius 3 is 2.44 bits per heavy atom. The predicted molar refractivity (Wildman–Crippen MR) is 130 cm³/mol. The van der Waals surface area contributed by atoms with Gasteiger partial charge in [-0.1, -0.05) is 18.2 Å². The fraction of sp³-hybridized carbons (Fsp3) is 0.444. The third-order valence-corrected chi connectivity index (χ3v) is 6.86. The Bertz CT molecular complexity index is 1090. The molecule has 3 atom stereocenters. The highest BCUT2D eigenvalue weighted by Crippen LogP contribution is 2.38. The summed E-state index contributed by atoms with van der Waals surface area (Å²) in [6.07, 6.45) is 0.778. The Morgan fingerprint density at radius 1 is 1.08 bits per heavy atom. The number of nitrogens with two attached hydrogens (primary N) is 1. The molecule has 2 aromatic carbocycles.